The summed E-state index contributed by atoms with van der Waals surface area (Å²) in [6.07, 6.45) is -4.13. The second kappa shape index (κ2) is 8.24. The number of aliphatic hydroxyl groups is 4. The van der Waals surface area contributed by atoms with Gasteiger partial charge in [-0.15, -0.1) is 0 Å². The molecule has 1 fully saturated rings. The molecule has 0 aliphatic carbocycles. The highest BCUT2D eigenvalue weighted by molar-refractivity contribution is 5.83. The molecule has 1 aliphatic heterocycles. The SMILES string of the molecule is CC(Nc1nc(N)c2ncn([C@@H]3O[C@H](CO)[C@@H](O)[C@H]3O)c2n1)C(O)c1ccc(O)cc1. The number of imidazole rings is 1. The van der Waals surface area contributed by atoms with E-state index in [1.54, 1.807) is 19.1 Å². The minimum absolute atomic E-state index is 0.0734. The van der Waals surface area contributed by atoms with Gasteiger partial charge in [-0.1, -0.05) is 12.1 Å². The van der Waals surface area contributed by atoms with Gasteiger partial charge >= 0.3 is 0 Å². The van der Waals surface area contributed by atoms with E-state index in [0.29, 0.717) is 5.56 Å². The summed E-state index contributed by atoms with van der Waals surface area (Å²) in [7, 11) is 0. The summed E-state index contributed by atoms with van der Waals surface area (Å²) in [5.74, 6) is 0.282. The van der Waals surface area contributed by atoms with Crippen molar-refractivity contribution in [2.45, 2.75) is 43.6 Å². The Labute approximate surface area is 176 Å². The molecule has 2 aromatic heterocycles. The minimum Gasteiger partial charge on any atom is -0.508 e. The summed E-state index contributed by atoms with van der Waals surface area (Å²) in [6.45, 7) is 1.27. The first-order valence-electron chi connectivity index (χ1n) is 9.66. The molecule has 0 amide bonds. The van der Waals surface area contributed by atoms with Crippen molar-refractivity contribution in [2.24, 2.45) is 0 Å². The van der Waals surface area contributed by atoms with E-state index in [-0.39, 0.29) is 28.7 Å². The summed E-state index contributed by atoms with van der Waals surface area (Å²) in [6, 6.07) is 5.64. The van der Waals surface area contributed by atoms with Crippen LogP contribution in [0.4, 0.5) is 11.8 Å². The van der Waals surface area contributed by atoms with Crippen molar-refractivity contribution in [2.75, 3.05) is 17.7 Å². The summed E-state index contributed by atoms with van der Waals surface area (Å²) < 4.78 is 6.95. The second-order valence-electron chi connectivity index (χ2n) is 7.45. The molecular formula is C19H24N6O6. The van der Waals surface area contributed by atoms with E-state index in [1.807, 2.05) is 0 Å². The summed E-state index contributed by atoms with van der Waals surface area (Å²) in [5.41, 5.74) is 7.12. The maximum absolute atomic E-state index is 10.6. The topological polar surface area (TPSA) is 192 Å². The zero-order chi connectivity index (χ0) is 22.3. The first kappa shape index (κ1) is 21.2. The molecule has 166 valence electrons. The van der Waals surface area contributed by atoms with E-state index in [2.05, 4.69) is 20.3 Å². The zero-order valence-electron chi connectivity index (χ0n) is 16.6. The second-order valence-corrected chi connectivity index (χ2v) is 7.45. The van der Waals surface area contributed by atoms with E-state index >= 15 is 0 Å². The number of nitrogens with one attached hydrogen (secondary N) is 1. The number of aliphatic hydroxyl groups excluding tert-OH is 4. The molecule has 12 nitrogen and oxygen atoms in total. The Balaban J connectivity index is 1.61. The van der Waals surface area contributed by atoms with Crippen molar-refractivity contribution >= 4 is 22.9 Å². The van der Waals surface area contributed by atoms with Gasteiger partial charge in [0.2, 0.25) is 5.95 Å². The quantitative estimate of drug-likeness (QED) is 0.259. The minimum atomic E-state index is -1.31. The number of nitrogen functional groups attached to an aromatic ring is 1. The van der Waals surface area contributed by atoms with Crippen LogP contribution >= 0.6 is 0 Å². The Bertz CT molecular complexity index is 1060. The maximum Gasteiger partial charge on any atom is 0.227 e. The molecule has 3 aromatic rings. The van der Waals surface area contributed by atoms with Crippen LogP contribution in [-0.4, -0.2) is 76.0 Å². The van der Waals surface area contributed by atoms with Crippen LogP contribution < -0.4 is 11.1 Å². The van der Waals surface area contributed by atoms with Crippen molar-refractivity contribution in [1.29, 1.82) is 0 Å². The van der Waals surface area contributed by atoms with Crippen LogP contribution in [0.2, 0.25) is 0 Å². The largest absolute Gasteiger partial charge is 0.508 e. The summed E-state index contributed by atoms with van der Waals surface area (Å²) in [4.78, 5) is 12.7. The van der Waals surface area contributed by atoms with Gasteiger partial charge in [0.15, 0.2) is 17.7 Å². The van der Waals surface area contributed by atoms with Gasteiger partial charge in [-0.05, 0) is 24.6 Å². The normalized spacial score (nSPS) is 25.6. The average molecular weight is 432 g/mol. The van der Waals surface area contributed by atoms with Crippen molar-refractivity contribution in [1.82, 2.24) is 19.5 Å². The zero-order valence-corrected chi connectivity index (χ0v) is 16.6. The number of anilines is 2. The third-order valence-corrected chi connectivity index (χ3v) is 5.30. The number of nitrogens with two attached hydrogens (primary N) is 1. The number of aromatic hydroxyl groups is 1. The fourth-order valence-corrected chi connectivity index (χ4v) is 3.54. The number of benzene rings is 1. The monoisotopic (exact) mass is 432 g/mol. The van der Waals surface area contributed by atoms with Crippen molar-refractivity contribution in [3.05, 3.63) is 36.2 Å². The van der Waals surface area contributed by atoms with Crippen LogP contribution in [0.3, 0.4) is 0 Å². The average Bonchev–Trinajstić information content (AvgIpc) is 3.29. The molecular weight excluding hydrogens is 408 g/mol. The molecule has 31 heavy (non-hydrogen) atoms. The molecule has 6 atom stereocenters. The van der Waals surface area contributed by atoms with Gasteiger partial charge in [-0.25, -0.2) is 4.98 Å². The number of aromatic nitrogens is 4. The van der Waals surface area contributed by atoms with Crippen molar-refractivity contribution in [3.63, 3.8) is 0 Å². The number of phenols is 1. The van der Waals surface area contributed by atoms with E-state index in [1.165, 1.54) is 23.0 Å². The van der Waals surface area contributed by atoms with E-state index in [0.717, 1.165) is 0 Å². The fourth-order valence-electron chi connectivity index (χ4n) is 3.54. The van der Waals surface area contributed by atoms with Gasteiger partial charge in [0.25, 0.3) is 0 Å². The van der Waals surface area contributed by atoms with Crippen molar-refractivity contribution < 1.29 is 30.3 Å². The number of hydrogen-bond acceptors (Lipinski definition) is 11. The lowest BCUT2D eigenvalue weighted by Crippen LogP contribution is -2.33. The first-order valence-corrected chi connectivity index (χ1v) is 9.66. The molecule has 12 heteroatoms. The Morgan fingerprint density at radius 1 is 1.19 bits per heavy atom. The molecule has 0 bridgehead atoms. The van der Waals surface area contributed by atoms with Gasteiger partial charge in [-0.3, -0.25) is 4.57 Å². The molecule has 1 saturated heterocycles. The predicted molar refractivity (Wildman–Crippen MR) is 109 cm³/mol. The smallest absolute Gasteiger partial charge is 0.227 e. The standard InChI is InChI=1S/C19H24N6O6/c1-8(13(28)9-2-4-10(27)5-3-9)22-19-23-16(20)12-17(24-19)25(7-21-12)18-15(30)14(29)11(6-26)31-18/h2-5,7-8,11,13-15,18,26-30H,6H2,1H3,(H3,20,22,23,24)/t8?,11-,13?,14-,15-,18-/m1/s1. The van der Waals surface area contributed by atoms with Gasteiger partial charge in [-0.2, -0.15) is 9.97 Å². The molecule has 0 saturated carbocycles. The number of rotatable bonds is 6. The Hall–Kier alpha value is -3.03. The van der Waals surface area contributed by atoms with Gasteiger partial charge in [0.05, 0.1) is 25.1 Å². The number of phenolic OH excluding ortho intramolecular Hbond substituents is 1. The molecule has 0 radical (unpaired) electrons. The molecule has 8 N–H and O–H groups in total. The van der Waals surface area contributed by atoms with Crippen LogP contribution in [-0.2, 0) is 4.74 Å². The fraction of sp³-hybridized carbons (Fsp3) is 0.421. The lowest BCUT2D eigenvalue weighted by atomic mass is 10.0. The maximum atomic E-state index is 10.6. The Kier molecular flexibility index (Phi) is 5.64. The number of fused-ring (bicyclic) bond motifs is 1. The number of hydrogen-bond donors (Lipinski definition) is 7. The van der Waals surface area contributed by atoms with E-state index in [9.17, 15) is 25.5 Å². The highest BCUT2D eigenvalue weighted by atomic mass is 16.6. The van der Waals surface area contributed by atoms with E-state index < -0.39 is 43.3 Å². The molecule has 3 heterocycles. The van der Waals surface area contributed by atoms with Crippen LogP contribution in [0, 0.1) is 0 Å². The first-order chi connectivity index (χ1) is 14.8. The Morgan fingerprint density at radius 2 is 1.90 bits per heavy atom. The van der Waals surface area contributed by atoms with Crippen LogP contribution in [0.5, 0.6) is 5.75 Å². The van der Waals surface area contributed by atoms with Gasteiger partial charge < -0.3 is 41.3 Å². The van der Waals surface area contributed by atoms with Crippen LogP contribution in [0.1, 0.15) is 24.8 Å². The molecule has 1 aliphatic rings. The van der Waals surface area contributed by atoms with E-state index in [4.69, 9.17) is 10.5 Å². The highest BCUT2D eigenvalue weighted by Crippen LogP contribution is 2.32. The summed E-state index contributed by atoms with van der Waals surface area (Å²) in [5, 5.41) is 52.6. The van der Waals surface area contributed by atoms with Gasteiger partial charge in [0.1, 0.15) is 29.6 Å². The third kappa shape index (κ3) is 3.86. The molecule has 1 aromatic carbocycles. The summed E-state index contributed by atoms with van der Waals surface area (Å²) >= 11 is 0. The Morgan fingerprint density at radius 3 is 2.55 bits per heavy atom. The lowest BCUT2D eigenvalue weighted by Gasteiger charge is -2.21. The lowest BCUT2D eigenvalue weighted by molar-refractivity contribution is -0.0511. The number of nitrogens with zero attached hydrogens (tertiary/aromatic N) is 4. The van der Waals surface area contributed by atoms with Crippen LogP contribution in [0.15, 0.2) is 30.6 Å². The predicted octanol–water partition coefficient (Wildman–Crippen LogP) is -0.740. The molecule has 4 rings (SSSR count). The van der Waals surface area contributed by atoms with Gasteiger partial charge in [0, 0.05) is 0 Å². The third-order valence-electron chi connectivity index (χ3n) is 5.30. The highest BCUT2D eigenvalue weighted by Gasteiger charge is 2.44. The molecule has 0 spiro atoms. The molecule has 2 unspecified atom stereocenters. The van der Waals surface area contributed by atoms with Crippen molar-refractivity contribution in [3.8, 4) is 5.75 Å². The number of ether oxygens (including phenoxy) is 1. The van der Waals surface area contributed by atoms with Crippen LogP contribution in [0.25, 0.3) is 11.2 Å².